The van der Waals surface area contributed by atoms with E-state index in [1.165, 1.54) is 0 Å². The van der Waals surface area contributed by atoms with Crippen molar-refractivity contribution in [3.05, 3.63) is 0 Å². The van der Waals surface area contributed by atoms with E-state index in [9.17, 15) is 4.79 Å². The van der Waals surface area contributed by atoms with Gasteiger partial charge in [-0.2, -0.15) is 0 Å². The monoisotopic (exact) mass is 161 g/mol. The number of aliphatic hydroxyl groups is 1. The van der Waals surface area contributed by atoms with E-state index in [0.717, 1.165) is 0 Å². The maximum Gasteiger partial charge on any atom is 0.246 e. The fraction of sp³-hybridized carbons (Fsp3) is 0.857. The second kappa shape index (κ2) is 6.12. The lowest BCUT2D eigenvalue weighted by Gasteiger charge is -2.09. The smallest absolute Gasteiger partial charge is 0.246 e. The molecular weight excluding hydrogens is 146 g/mol. The van der Waals surface area contributed by atoms with Crippen molar-refractivity contribution in [2.75, 3.05) is 19.8 Å². The van der Waals surface area contributed by atoms with Crippen LogP contribution in [0.25, 0.3) is 0 Å². The minimum absolute atomic E-state index is 0.0438. The molecule has 0 radical (unpaired) electrons. The number of hydrogen-bond donors (Lipinski definition) is 2. The van der Waals surface area contributed by atoms with Gasteiger partial charge in [-0.25, -0.2) is 0 Å². The first-order valence-electron chi connectivity index (χ1n) is 3.68. The van der Waals surface area contributed by atoms with Gasteiger partial charge >= 0.3 is 0 Å². The summed E-state index contributed by atoms with van der Waals surface area (Å²) in [6.45, 7) is 4.10. The van der Waals surface area contributed by atoms with E-state index in [-0.39, 0.29) is 25.2 Å². The van der Waals surface area contributed by atoms with Gasteiger partial charge in [-0.15, -0.1) is 0 Å². The maximum atomic E-state index is 10.8. The van der Waals surface area contributed by atoms with Crippen molar-refractivity contribution in [1.82, 2.24) is 5.32 Å². The standard InChI is InChI=1S/C7H15NO3/c1-3-11-5-7(10)8-6(2)4-9/h6,9H,3-5H2,1-2H3,(H,8,10)/t6-/m1/s1. The van der Waals surface area contributed by atoms with E-state index in [4.69, 9.17) is 9.84 Å². The molecule has 0 aliphatic carbocycles. The van der Waals surface area contributed by atoms with Crippen molar-refractivity contribution >= 4 is 5.91 Å². The van der Waals surface area contributed by atoms with Gasteiger partial charge in [0.25, 0.3) is 0 Å². The van der Waals surface area contributed by atoms with Crippen LogP contribution in [0.3, 0.4) is 0 Å². The zero-order valence-electron chi connectivity index (χ0n) is 6.96. The first-order chi connectivity index (χ1) is 5.20. The highest BCUT2D eigenvalue weighted by Gasteiger charge is 2.04. The molecule has 4 heteroatoms. The molecular formula is C7H15NO3. The molecule has 1 amide bonds. The van der Waals surface area contributed by atoms with Crippen LogP contribution < -0.4 is 5.32 Å². The van der Waals surface area contributed by atoms with Crippen molar-refractivity contribution in [3.8, 4) is 0 Å². The number of ether oxygens (including phenoxy) is 1. The fourth-order valence-corrected chi connectivity index (χ4v) is 0.557. The molecule has 0 unspecified atom stereocenters. The Balaban J connectivity index is 3.36. The first kappa shape index (κ1) is 10.4. The van der Waals surface area contributed by atoms with E-state index in [1.807, 2.05) is 6.92 Å². The Labute approximate surface area is 66.5 Å². The summed E-state index contributed by atoms with van der Waals surface area (Å²) >= 11 is 0. The minimum Gasteiger partial charge on any atom is -0.394 e. The van der Waals surface area contributed by atoms with Gasteiger partial charge in [0.2, 0.25) is 5.91 Å². The molecule has 0 aromatic carbocycles. The largest absolute Gasteiger partial charge is 0.394 e. The summed E-state index contributed by atoms with van der Waals surface area (Å²) < 4.78 is 4.85. The maximum absolute atomic E-state index is 10.8. The Morgan fingerprint density at radius 2 is 2.36 bits per heavy atom. The van der Waals surface area contributed by atoms with Crippen LogP contribution in [0, 0.1) is 0 Å². The molecule has 0 aliphatic rings. The van der Waals surface area contributed by atoms with Crippen LogP contribution in [-0.2, 0) is 9.53 Å². The van der Waals surface area contributed by atoms with Gasteiger partial charge in [0, 0.05) is 12.6 Å². The molecule has 0 aliphatic heterocycles. The Kier molecular flexibility index (Phi) is 5.78. The summed E-state index contributed by atoms with van der Waals surface area (Å²) in [5.74, 6) is -0.187. The van der Waals surface area contributed by atoms with Gasteiger partial charge in [0.1, 0.15) is 6.61 Å². The van der Waals surface area contributed by atoms with Crippen molar-refractivity contribution in [1.29, 1.82) is 0 Å². The number of amides is 1. The first-order valence-corrected chi connectivity index (χ1v) is 3.68. The molecule has 0 spiro atoms. The molecule has 0 saturated carbocycles. The highest BCUT2D eigenvalue weighted by molar-refractivity contribution is 5.77. The van der Waals surface area contributed by atoms with E-state index < -0.39 is 0 Å². The van der Waals surface area contributed by atoms with Gasteiger partial charge in [-0.3, -0.25) is 4.79 Å². The zero-order valence-corrected chi connectivity index (χ0v) is 6.96. The predicted octanol–water partition coefficient (Wildman–Crippen LogP) is -0.480. The number of nitrogens with one attached hydrogen (secondary N) is 1. The van der Waals surface area contributed by atoms with Crippen LogP contribution in [0.15, 0.2) is 0 Å². The van der Waals surface area contributed by atoms with Crippen molar-refractivity contribution in [3.63, 3.8) is 0 Å². The van der Waals surface area contributed by atoms with Crippen molar-refractivity contribution in [2.24, 2.45) is 0 Å². The summed E-state index contributed by atoms with van der Waals surface area (Å²) in [4.78, 5) is 10.8. The molecule has 1 atom stereocenters. The predicted molar refractivity (Wildman–Crippen MR) is 41.2 cm³/mol. The Morgan fingerprint density at radius 1 is 1.73 bits per heavy atom. The molecule has 0 heterocycles. The SMILES string of the molecule is CCOCC(=O)N[C@H](C)CO. The summed E-state index contributed by atoms with van der Waals surface area (Å²) in [6.07, 6.45) is 0. The average molecular weight is 161 g/mol. The van der Waals surface area contributed by atoms with Crippen LogP contribution in [0.4, 0.5) is 0 Å². The topological polar surface area (TPSA) is 58.6 Å². The second-order valence-corrected chi connectivity index (χ2v) is 2.29. The summed E-state index contributed by atoms with van der Waals surface area (Å²) in [6, 6.07) is -0.192. The van der Waals surface area contributed by atoms with Crippen LogP contribution in [-0.4, -0.2) is 36.9 Å². The molecule has 0 aromatic rings. The lowest BCUT2D eigenvalue weighted by Crippen LogP contribution is -2.37. The number of hydrogen-bond acceptors (Lipinski definition) is 3. The average Bonchev–Trinajstić information content (AvgIpc) is 2.00. The lowest BCUT2D eigenvalue weighted by molar-refractivity contribution is -0.126. The summed E-state index contributed by atoms with van der Waals surface area (Å²) in [5, 5.41) is 11.1. The molecule has 0 bridgehead atoms. The third-order valence-electron chi connectivity index (χ3n) is 1.12. The van der Waals surface area contributed by atoms with Gasteiger partial charge in [0.15, 0.2) is 0 Å². The van der Waals surface area contributed by atoms with Crippen LogP contribution >= 0.6 is 0 Å². The van der Waals surface area contributed by atoms with Gasteiger partial charge in [-0.1, -0.05) is 0 Å². The molecule has 66 valence electrons. The molecule has 2 N–H and O–H groups in total. The van der Waals surface area contributed by atoms with Crippen LogP contribution in [0.1, 0.15) is 13.8 Å². The highest BCUT2D eigenvalue weighted by atomic mass is 16.5. The number of carbonyl (C=O) groups is 1. The molecule has 0 saturated heterocycles. The third-order valence-corrected chi connectivity index (χ3v) is 1.12. The van der Waals surface area contributed by atoms with Crippen LogP contribution in [0.2, 0.25) is 0 Å². The van der Waals surface area contributed by atoms with E-state index >= 15 is 0 Å². The van der Waals surface area contributed by atoms with Gasteiger partial charge in [-0.05, 0) is 13.8 Å². The fourth-order valence-electron chi connectivity index (χ4n) is 0.557. The molecule has 4 nitrogen and oxygen atoms in total. The molecule has 0 rings (SSSR count). The molecule has 0 fully saturated rings. The lowest BCUT2D eigenvalue weighted by atomic mass is 10.3. The van der Waals surface area contributed by atoms with Crippen molar-refractivity contribution in [2.45, 2.75) is 19.9 Å². The Hall–Kier alpha value is -0.610. The number of aliphatic hydroxyl groups excluding tert-OH is 1. The van der Waals surface area contributed by atoms with Gasteiger partial charge in [0.05, 0.1) is 6.61 Å². The van der Waals surface area contributed by atoms with Crippen molar-refractivity contribution < 1.29 is 14.6 Å². The van der Waals surface area contributed by atoms with E-state index in [2.05, 4.69) is 5.32 Å². The number of carbonyl (C=O) groups excluding carboxylic acids is 1. The normalized spacial score (nSPS) is 12.6. The zero-order chi connectivity index (χ0) is 8.69. The van der Waals surface area contributed by atoms with Crippen LogP contribution in [0.5, 0.6) is 0 Å². The Morgan fingerprint density at radius 3 is 2.82 bits per heavy atom. The Bertz CT molecular complexity index is 116. The van der Waals surface area contributed by atoms with E-state index in [0.29, 0.717) is 6.61 Å². The summed E-state index contributed by atoms with van der Waals surface area (Å²) in [7, 11) is 0. The molecule has 0 aromatic heterocycles. The number of rotatable bonds is 5. The second-order valence-electron chi connectivity index (χ2n) is 2.29. The van der Waals surface area contributed by atoms with Gasteiger partial charge < -0.3 is 15.2 Å². The van der Waals surface area contributed by atoms with E-state index in [1.54, 1.807) is 6.92 Å². The summed E-state index contributed by atoms with van der Waals surface area (Å²) in [5.41, 5.74) is 0. The third kappa shape index (κ3) is 5.82. The molecule has 11 heavy (non-hydrogen) atoms. The highest BCUT2D eigenvalue weighted by Crippen LogP contribution is 1.79. The minimum atomic E-state index is -0.192. The quantitative estimate of drug-likeness (QED) is 0.572.